The minimum absolute atomic E-state index is 0.0724. The van der Waals surface area contributed by atoms with Crippen molar-refractivity contribution in [2.45, 2.75) is 37.8 Å². The molecule has 1 amide bonds. The van der Waals surface area contributed by atoms with Crippen LogP contribution in [0, 0.1) is 0 Å². The lowest BCUT2D eigenvalue weighted by Crippen LogP contribution is -2.55. The number of hydrogen-bond acceptors (Lipinski definition) is 4. The fraction of sp³-hybridized carbons (Fsp3) is 0.421. The van der Waals surface area contributed by atoms with E-state index in [1.54, 1.807) is 0 Å². The summed E-state index contributed by atoms with van der Waals surface area (Å²) in [6.07, 6.45) is 5.64. The minimum atomic E-state index is -0.391. The van der Waals surface area contributed by atoms with Crippen LogP contribution < -0.4 is 5.56 Å². The predicted octanol–water partition coefficient (Wildman–Crippen LogP) is 2.22. The maximum absolute atomic E-state index is 12.9. The number of aromatic nitrogens is 2. The largest absolute Gasteiger partial charge is 0.374 e. The molecule has 0 radical (unpaired) electrons. The number of carbonyl (C=O) groups excluding carboxylic acids is 1. The third-order valence-corrected chi connectivity index (χ3v) is 5.07. The molecular weight excluding hydrogens is 318 g/mol. The average Bonchev–Trinajstić information content (AvgIpc) is 2.67. The van der Waals surface area contributed by atoms with Gasteiger partial charge in [-0.05, 0) is 12.8 Å². The average molecular weight is 339 g/mol. The second kappa shape index (κ2) is 6.80. The fourth-order valence-electron chi connectivity index (χ4n) is 3.79. The van der Waals surface area contributed by atoms with Crippen molar-refractivity contribution < 1.29 is 9.53 Å². The van der Waals surface area contributed by atoms with Crippen LogP contribution in [0.5, 0.6) is 0 Å². The van der Waals surface area contributed by atoms with E-state index in [1.165, 1.54) is 6.20 Å². The molecule has 1 saturated carbocycles. The van der Waals surface area contributed by atoms with E-state index in [0.717, 1.165) is 31.2 Å². The zero-order valence-electron chi connectivity index (χ0n) is 14.0. The number of ether oxygens (including phenoxy) is 1. The first-order valence-corrected chi connectivity index (χ1v) is 8.81. The Bertz CT molecular complexity index is 816. The van der Waals surface area contributed by atoms with Crippen molar-refractivity contribution in [2.75, 3.05) is 13.2 Å². The van der Waals surface area contributed by atoms with Crippen molar-refractivity contribution in [3.05, 3.63) is 52.4 Å². The van der Waals surface area contributed by atoms with Crippen molar-refractivity contribution in [1.29, 1.82) is 0 Å². The Morgan fingerprint density at radius 1 is 1.20 bits per heavy atom. The summed E-state index contributed by atoms with van der Waals surface area (Å²) in [6, 6.07) is 9.47. The monoisotopic (exact) mass is 339 g/mol. The fourth-order valence-corrected chi connectivity index (χ4v) is 3.79. The molecule has 0 bridgehead atoms. The number of nitrogens with one attached hydrogen (secondary N) is 1. The minimum Gasteiger partial charge on any atom is -0.374 e. The lowest BCUT2D eigenvalue weighted by molar-refractivity contribution is -0.0753. The highest BCUT2D eigenvalue weighted by atomic mass is 16.5. The molecule has 1 saturated heterocycles. The Morgan fingerprint density at radius 2 is 2.00 bits per heavy atom. The summed E-state index contributed by atoms with van der Waals surface area (Å²) in [5, 5.41) is 0. The standard InChI is InChI=1S/C19H21N3O3/c23-18-14(12-20-17(21-18)13-6-2-1-3-7-13)19(24)22-10-11-25-16-9-5-4-8-15(16)22/h1-3,6-7,12,15-16H,4-5,8-11H2,(H,20,21,23)/t15-,16-/m1/s1. The Labute approximate surface area is 145 Å². The third kappa shape index (κ3) is 3.09. The summed E-state index contributed by atoms with van der Waals surface area (Å²) >= 11 is 0. The van der Waals surface area contributed by atoms with Gasteiger partial charge in [-0.25, -0.2) is 4.98 Å². The Kier molecular flexibility index (Phi) is 4.36. The van der Waals surface area contributed by atoms with E-state index in [1.807, 2.05) is 35.2 Å². The lowest BCUT2D eigenvalue weighted by atomic mass is 9.90. The lowest BCUT2D eigenvalue weighted by Gasteiger charge is -2.43. The van der Waals surface area contributed by atoms with Gasteiger partial charge in [0.05, 0.1) is 18.8 Å². The number of aromatic amines is 1. The highest BCUT2D eigenvalue weighted by Crippen LogP contribution is 2.29. The Hall–Kier alpha value is -2.47. The van der Waals surface area contributed by atoms with Crippen molar-refractivity contribution in [3.8, 4) is 11.4 Å². The van der Waals surface area contributed by atoms with Crippen molar-refractivity contribution in [3.63, 3.8) is 0 Å². The number of nitrogens with zero attached hydrogens (tertiary/aromatic N) is 2. The molecule has 1 aliphatic carbocycles. The molecule has 1 aromatic carbocycles. The molecule has 4 rings (SSSR count). The van der Waals surface area contributed by atoms with Crippen LogP contribution in [-0.2, 0) is 4.74 Å². The molecule has 1 aromatic heterocycles. The van der Waals surface area contributed by atoms with Gasteiger partial charge in [0.25, 0.3) is 11.5 Å². The molecule has 2 aromatic rings. The molecule has 2 fully saturated rings. The SMILES string of the molecule is O=C(c1cnc(-c2ccccc2)[nH]c1=O)N1CCO[C@@H]2CCCC[C@H]21. The number of morpholine rings is 1. The molecule has 2 heterocycles. The van der Waals surface area contributed by atoms with Gasteiger partial charge in [0.15, 0.2) is 0 Å². The first-order valence-electron chi connectivity index (χ1n) is 8.81. The molecule has 0 spiro atoms. The van der Waals surface area contributed by atoms with Crippen molar-refractivity contribution in [2.24, 2.45) is 0 Å². The molecule has 1 aliphatic heterocycles. The highest BCUT2D eigenvalue weighted by Gasteiger charge is 2.37. The van der Waals surface area contributed by atoms with Gasteiger partial charge in [0.2, 0.25) is 0 Å². The van der Waals surface area contributed by atoms with Gasteiger partial charge < -0.3 is 14.6 Å². The molecule has 1 N–H and O–H groups in total. The summed E-state index contributed by atoms with van der Waals surface area (Å²) in [5.74, 6) is 0.230. The molecule has 2 aliphatic rings. The first kappa shape index (κ1) is 16.0. The van der Waals surface area contributed by atoms with Crippen LogP contribution in [-0.4, -0.2) is 46.1 Å². The maximum atomic E-state index is 12.9. The molecular formula is C19H21N3O3. The third-order valence-electron chi connectivity index (χ3n) is 5.07. The smallest absolute Gasteiger partial charge is 0.264 e. The van der Waals surface area contributed by atoms with Crippen LogP contribution in [0.3, 0.4) is 0 Å². The maximum Gasteiger partial charge on any atom is 0.264 e. The normalized spacial score (nSPS) is 23.1. The van der Waals surface area contributed by atoms with Crippen LogP contribution >= 0.6 is 0 Å². The van der Waals surface area contributed by atoms with E-state index < -0.39 is 5.56 Å². The topological polar surface area (TPSA) is 75.3 Å². The number of hydrogen-bond donors (Lipinski definition) is 1. The summed E-state index contributed by atoms with van der Waals surface area (Å²) in [6.45, 7) is 1.06. The molecule has 6 nitrogen and oxygen atoms in total. The molecule has 6 heteroatoms. The van der Waals surface area contributed by atoms with Crippen LogP contribution in [0.2, 0.25) is 0 Å². The molecule has 2 atom stereocenters. The highest BCUT2D eigenvalue weighted by molar-refractivity contribution is 5.94. The Morgan fingerprint density at radius 3 is 2.80 bits per heavy atom. The zero-order chi connectivity index (χ0) is 17.2. The van der Waals surface area contributed by atoms with Crippen molar-refractivity contribution in [1.82, 2.24) is 14.9 Å². The first-order chi connectivity index (χ1) is 12.2. The second-order valence-corrected chi connectivity index (χ2v) is 6.60. The molecule has 0 unspecified atom stereocenters. The van der Waals surface area contributed by atoms with Gasteiger partial charge in [-0.3, -0.25) is 9.59 Å². The zero-order valence-corrected chi connectivity index (χ0v) is 14.0. The van der Waals surface area contributed by atoms with Crippen LogP contribution in [0.25, 0.3) is 11.4 Å². The van der Waals surface area contributed by atoms with Gasteiger partial charge >= 0.3 is 0 Å². The summed E-state index contributed by atoms with van der Waals surface area (Å²) in [5.41, 5.74) is 0.529. The number of amides is 1. The van der Waals surface area contributed by atoms with E-state index in [0.29, 0.717) is 19.0 Å². The van der Waals surface area contributed by atoms with E-state index in [-0.39, 0.29) is 23.6 Å². The second-order valence-electron chi connectivity index (χ2n) is 6.60. The van der Waals surface area contributed by atoms with E-state index in [9.17, 15) is 9.59 Å². The summed E-state index contributed by atoms with van der Waals surface area (Å²) in [4.78, 5) is 34.3. The van der Waals surface area contributed by atoms with Crippen LogP contribution in [0.4, 0.5) is 0 Å². The number of H-pyrrole nitrogens is 1. The number of fused-ring (bicyclic) bond motifs is 1. The number of benzene rings is 1. The molecule has 130 valence electrons. The van der Waals surface area contributed by atoms with Gasteiger partial charge in [-0.15, -0.1) is 0 Å². The predicted molar refractivity (Wildman–Crippen MR) is 93.3 cm³/mol. The quantitative estimate of drug-likeness (QED) is 0.910. The van der Waals surface area contributed by atoms with Gasteiger partial charge in [0, 0.05) is 18.3 Å². The summed E-state index contributed by atoms with van der Waals surface area (Å²) in [7, 11) is 0. The summed E-state index contributed by atoms with van der Waals surface area (Å²) < 4.78 is 5.81. The van der Waals surface area contributed by atoms with Crippen molar-refractivity contribution >= 4 is 5.91 Å². The van der Waals surface area contributed by atoms with Gasteiger partial charge in [0.1, 0.15) is 11.4 Å². The molecule has 25 heavy (non-hydrogen) atoms. The number of carbonyl (C=O) groups is 1. The van der Waals surface area contributed by atoms with Gasteiger partial charge in [-0.2, -0.15) is 0 Å². The number of rotatable bonds is 2. The van der Waals surface area contributed by atoms with E-state index in [4.69, 9.17) is 4.74 Å². The van der Waals surface area contributed by atoms with E-state index >= 15 is 0 Å². The van der Waals surface area contributed by atoms with E-state index in [2.05, 4.69) is 9.97 Å². The van der Waals surface area contributed by atoms with Crippen LogP contribution in [0.1, 0.15) is 36.0 Å². The Balaban J connectivity index is 1.61. The van der Waals surface area contributed by atoms with Crippen LogP contribution in [0.15, 0.2) is 41.3 Å². The van der Waals surface area contributed by atoms with Gasteiger partial charge in [-0.1, -0.05) is 43.2 Å².